The van der Waals surface area contributed by atoms with E-state index in [1.165, 1.54) is 135 Å². The third-order valence-electron chi connectivity index (χ3n) is 8.24. The fraction of sp³-hybridized carbons (Fsp3) is 1.00. The molecule has 1 radical (unpaired) electrons. The van der Waals surface area contributed by atoms with Gasteiger partial charge in [0.2, 0.25) is 0 Å². The van der Waals surface area contributed by atoms with E-state index in [1.54, 1.807) is 0 Å². The molecule has 9 nitrogen and oxygen atoms in total. The van der Waals surface area contributed by atoms with Gasteiger partial charge >= 0.3 is 40.4 Å². The summed E-state index contributed by atoms with van der Waals surface area (Å²) in [6.45, 7) is 6.64. The average Bonchev–Trinajstić information content (AvgIpc) is 2.99. The van der Waals surface area contributed by atoms with Gasteiger partial charge in [0, 0.05) is 17.3 Å². The van der Waals surface area contributed by atoms with E-state index in [9.17, 15) is 38.9 Å². The molecule has 0 saturated carbocycles. The first-order valence-electron chi connectivity index (χ1n) is 19.5. The Balaban J connectivity index is -0.000000307. The minimum absolute atomic E-state index is 0. The Morgan fingerprint density at radius 1 is 0.265 bits per heavy atom. The van der Waals surface area contributed by atoms with Crippen LogP contribution in [-0.2, 0) is 30.4 Å². The van der Waals surface area contributed by atoms with E-state index < -0.39 is 30.4 Å². The topological polar surface area (TPSA) is 172 Å². The zero-order valence-electron chi connectivity index (χ0n) is 31.6. The first-order valence-corrected chi connectivity index (χ1v) is 24.2. The maximum absolute atomic E-state index is 10.3. The van der Waals surface area contributed by atoms with Crippen molar-refractivity contribution in [3.05, 3.63) is 0 Å². The molecule has 0 amide bonds. The largest absolute Gasteiger partial charge is 3.00 e. The van der Waals surface area contributed by atoms with Crippen LogP contribution in [0.1, 0.15) is 213 Å². The Hall–Kier alpha value is 1.07. The zero-order chi connectivity index (χ0) is 36.8. The van der Waals surface area contributed by atoms with Crippen LogP contribution in [0.2, 0.25) is 0 Å². The smallest absolute Gasteiger partial charge is 0.748 e. The summed E-state index contributed by atoms with van der Waals surface area (Å²) in [5.74, 6) is -0.573. The molecule has 49 heavy (non-hydrogen) atoms. The van der Waals surface area contributed by atoms with Crippen molar-refractivity contribution in [2.24, 2.45) is 0 Å². The fourth-order valence-corrected chi connectivity index (χ4v) is 6.97. The molecule has 0 aromatic rings. The molecule has 0 aromatic heterocycles. The van der Waals surface area contributed by atoms with Gasteiger partial charge in [-0.3, -0.25) is 0 Å². The fourth-order valence-electron chi connectivity index (χ4n) is 5.30. The molecule has 0 aliphatic rings. The Bertz CT molecular complexity index is 835. The summed E-state index contributed by atoms with van der Waals surface area (Å²) in [5.41, 5.74) is 0. The summed E-state index contributed by atoms with van der Waals surface area (Å²) in [6, 6.07) is 0. The van der Waals surface area contributed by atoms with Crippen molar-refractivity contribution in [2.45, 2.75) is 213 Å². The molecule has 0 rings (SSSR count). The minimum atomic E-state index is -3.98. The van der Waals surface area contributed by atoms with Gasteiger partial charge in [-0.05, 0) is 19.3 Å². The van der Waals surface area contributed by atoms with E-state index in [1.807, 2.05) is 0 Å². The summed E-state index contributed by atoms with van der Waals surface area (Å²) >= 11 is 0. The Morgan fingerprint density at radius 3 is 0.510 bits per heavy atom. The summed E-state index contributed by atoms with van der Waals surface area (Å²) in [7, 11) is -11.9. The third-order valence-corrected chi connectivity index (χ3v) is 10.6. The van der Waals surface area contributed by atoms with Crippen LogP contribution in [0.3, 0.4) is 0 Å². The van der Waals surface area contributed by atoms with Gasteiger partial charge in [-0.1, -0.05) is 194 Å². The van der Waals surface area contributed by atoms with E-state index in [0.29, 0.717) is 19.3 Å². The molecule has 0 fully saturated rings. The standard InChI is InChI=1S/3C12H26O3S.Sm/c3*1-2-3-4-5-6-7-8-9-10-11-12-16(13,14)15;/h3*2-12H2,1H3,(H,13,14,15);/q;;;+3/p-3. The SMILES string of the molecule is CCCCCCCCCCCCS(=O)(=O)[O-].CCCCCCCCCCCCS(=O)(=O)[O-].CCCCCCCCCCCCS(=O)(=O)[O-].[Sm+3]. The molecule has 0 heterocycles. The molecular weight excluding hydrogens is 823 g/mol. The quantitative estimate of drug-likeness (QED) is 0.0459. The van der Waals surface area contributed by atoms with E-state index in [-0.39, 0.29) is 57.6 Å². The molecule has 0 bridgehead atoms. The van der Waals surface area contributed by atoms with Crippen LogP contribution < -0.4 is 0 Å². The summed E-state index contributed by atoms with van der Waals surface area (Å²) in [6.07, 6.45) is 34.3. The van der Waals surface area contributed by atoms with Crippen molar-refractivity contribution in [1.82, 2.24) is 0 Å². The zero-order valence-corrected chi connectivity index (χ0v) is 36.7. The van der Waals surface area contributed by atoms with Gasteiger partial charge in [0.15, 0.2) is 0 Å². The Kier molecular flexibility index (Phi) is 48.5. The van der Waals surface area contributed by atoms with Crippen molar-refractivity contribution >= 4 is 30.4 Å². The van der Waals surface area contributed by atoms with Gasteiger partial charge in [-0.2, -0.15) is 0 Å². The molecule has 0 aliphatic carbocycles. The van der Waals surface area contributed by atoms with Crippen molar-refractivity contribution < 1.29 is 79.3 Å². The van der Waals surface area contributed by atoms with Crippen LogP contribution >= 0.6 is 0 Å². The number of rotatable bonds is 33. The molecular formula is C36H75O9S3Sm. The number of hydrogen-bond acceptors (Lipinski definition) is 9. The molecule has 0 N–H and O–H groups in total. The van der Waals surface area contributed by atoms with E-state index in [2.05, 4.69) is 20.8 Å². The van der Waals surface area contributed by atoms with Crippen LogP contribution in [-0.4, -0.2) is 56.2 Å². The van der Waals surface area contributed by atoms with Crippen LogP contribution in [0.25, 0.3) is 0 Å². The Morgan fingerprint density at radius 2 is 0.388 bits per heavy atom. The maximum atomic E-state index is 10.3. The monoisotopic (exact) mass is 899 g/mol. The van der Waals surface area contributed by atoms with Crippen molar-refractivity contribution in [3.63, 3.8) is 0 Å². The van der Waals surface area contributed by atoms with Gasteiger partial charge in [-0.25, -0.2) is 25.3 Å². The Labute approximate surface area is 337 Å². The molecule has 0 aliphatic heterocycles. The first-order chi connectivity index (χ1) is 22.7. The van der Waals surface area contributed by atoms with Crippen LogP contribution in [0.4, 0.5) is 0 Å². The normalized spacial score (nSPS) is 11.6. The first kappa shape index (κ1) is 56.8. The van der Waals surface area contributed by atoms with Crippen LogP contribution in [0.5, 0.6) is 0 Å². The second-order valence-electron chi connectivity index (χ2n) is 13.3. The molecule has 13 heteroatoms. The van der Waals surface area contributed by atoms with Crippen LogP contribution in [0, 0.1) is 40.4 Å². The molecule has 0 saturated heterocycles. The summed E-state index contributed by atoms with van der Waals surface area (Å²) < 4.78 is 92.8. The molecule has 297 valence electrons. The minimum Gasteiger partial charge on any atom is -0.748 e. The third kappa shape index (κ3) is 67.7. The average molecular weight is 899 g/mol. The summed E-state index contributed by atoms with van der Waals surface area (Å²) in [5, 5.41) is 0. The van der Waals surface area contributed by atoms with Gasteiger partial charge < -0.3 is 13.7 Å². The van der Waals surface area contributed by atoms with E-state index >= 15 is 0 Å². The molecule has 0 atom stereocenters. The summed E-state index contributed by atoms with van der Waals surface area (Å²) in [4.78, 5) is 0. The molecule has 0 spiro atoms. The van der Waals surface area contributed by atoms with Gasteiger partial charge in [0.25, 0.3) is 0 Å². The molecule has 0 aromatic carbocycles. The van der Waals surface area contributed by atoms with Crippen LogP contribution in [0.15, 0.2) is 0 Å². The predicted molar refractivity (Wildman–Crippen MR) is 199 cm³/mol. The predicted octanol–water partition coefficient (Wildman–Crippen LogP) is 10.4. The number of unbranched alkanes of at least 4 members (excludes halogenated alkanes) is 27. The van der Waals surface area contributed by atoms with Crippen molar-refractivity contribution in [1.29, 1.82) is 0 Å². The van der Waals surface area contributed by atoms with E-state index in [0.717, 1.165) is 38.5 Å². The van der Waals surface area contributed by atoms with Crippen molar-refractivity contribution in [2.75, 3.05) is 17.3 Å². The van der Waals surface area contributed by atoms with Crippen molar-refractivity contribution in [3.8, 4) is 0 Å². The second kappa shape index (κ2) is 41.8. The molecule has 0 unspecified atom stereocenters. The van der Waals surface area contributed by atoms with Gasteiger partial charge in [-0.15, -0.1) is 0 Å². The van der Waals surface area contributed by atoms with E-state index in [4.69, 9.17) is 0 Å². The maximum Gasteiger partial charge on any atom is 3.00 e. The second-order valence-corrected chi connectivity index (χ2v) is 17.9. The van der Waals surface area contributed by atoms with Gasteiger partial charge in [0.05, 0.1) is 30.4 Å². The van der Waals surface area contributed by atoms with Gasteiger partial charge in [0.1, 0.15) is 0 Å². The number of hydrogen-bond donors (Lipinski definition) is 0.